The fraction of sp³-hybridized carbons (Fsp3) is 0.176. The first kappa shape index (κ1) is 16.2. The first-order chi connectivity index (χ1) is 10.6. The largest absolute Gasteiger partial charge is 0.465 e. The summed E-state index contributed by atoms with van der Waals surface area (Å²) in [4.78, 5) is 23.0. The zero-order valence-electron chi connectivity index (χ0n) is 12.3. The number of benzene rings is 2. The van der Waals surface area contributed by atoms with Crippen LogP contribution in [-0.2, 0) is 14.8 Å². The van der Waals surface area contributed by atoms with Crippen LogP contribution in [0.2, 0.25) is 0 Å². The first-order valence-corrected chi connectivity index (χ1v) is 7.68. The van der Waals surface area contributed by atoms with Gasteiger partial charge in [0, 0.05) is 5.33 Å². The number of methoxy groups -OCH3 is 2. The summed E-state index contributed by atoms with van der Waals surface area (Å²) in [5.74, 6) is -0.733. The lowest BCUT2D eigenvalue weighted by Crippen LogP contribution is -2.02. The molecule has 2 aromatic rings. The Hall–Kier alpha value is -2.14. The van der Waals surface area contributed by atoms with Crippen LogP contribution in [0.3, 0.4) is 0 Å². The molecule has 2 rings (SSSR count). The number of carbonyl (C=O) groups excluding carboxylic acids is 2. The van der Waals surface area contributed by atoms with Gasteiger partial charge in [-0.1, -0.05) is 34.1 Å². The number of ether oxygens (including phenoxy) is 2. The summed E-state index contributed by atoms with van der Waals surface area (Å²) in [6.07, 6.45) is 0. The molecular weight excluding hydrogens is 348 g/mol. The Morgan fingerprint density at radius 1 is 0.909 bits per heavy atom. The summed E-state index contributed by atoms with van der Waals surface area (Å²) < 4.78 is 9.41. The van der Waals surface area contributed by atoms with Crippen LogP contribution in [0.15, 0.2) is 42.5 Å². The van der Waals surface area contributed by atoms with Gasteiger partial charge in [0.05, 0.1) is 25.3 Å². The van der Waals surface area contributed by atoms with E-state index in [9.17, 15) is 9.59 Å². The lowest BCUT2D eigenvalue weighted by molar-refractivity contribution is 0.0592. The molecule has 0 aromatic heterocycles. The van der Waals surface area contributed by atoms with Gasteiger partial charge < -0.3 is 9.47 Å². The van der Waals surface area contributed by atoms with Crippen molar-refractivity contribution in [1.82, 2.24) is 0 Å². The molecule has 0 aliphatic heterocycles. The molecule has 0 aliphatic rings. The number of carbonyl (C=O) groups is 2. The standard InChI is InChI=1S/C17H15BrO4/c1-21-16(19)12-5-3-11(4-6-12)15-8-7-13(17(20)22-2)9-14(15)10-18/h3-9H,10H2,1-2H3. The Balaban J connectivity index is 2.39. The van der Waals surface area contributed by atoms with Crippen molar-refractivity contribution < 1.29 is 19.1 Å². The van der Waals surface area contributed by atoms with Crippen LogP contribution in [0.25, 0.3) is 11.1 Å². The van der Waals surface area contributed by atoms with E-state index in [1.54, 1.807) is 24.3 Å². The summed E-state index contributed by atoms with van der Waals surface area (Å²) in [5.41, 5.74) is 3.91. The van der Waals surface area contributed by atoms with Crippen molar-refractivity contribution >= 4 is 27.9 Å². The maximum absolute atomic E-state index is 11.6. The van der Waals surface area contributed by atoms with Crippen molar-refractivity contribution in [2.24, 2.45) is 0 Å². The molecule has 0 saturated carbocycles. The van der Waals surface area contributed by atoms with Gasteiger partial charge in [0.1, 0.15) is 0 Å². The van der Waals surface area contributed by atoms with E-state index >= 15 is 0 Å². The topological polar surface area (TPSA) is 52.6 Å². The highest BCUT2D eigenvalue weighted by molar-refractivity contribution is 9.08. The van der Waals surface area contributed by atoms with Crippen LogP contribution in [-0.4, -0.2) is 26.2 Å². The van der Waals surface area contributed by atoms with Crippen LogP contribution < -0.4 is 0 Å². The Morgan fingerprint density at radius 3 is 2.00 bits per heavy atom. The number of halogens is 1. The highest BCUT2D eigenvalue weighted by atomic mass is 79.9. The molecule has 114 valence electrons. The smallest absolute Gasteiger partial charge is 0.337 e. The predicted molar refractivity (Wildman–Crippen MR) is 87.2 cm³/mol. The van der Waals surface area contributed by atoms with E-state index < -0.39 is 0 Å². The lowest BCUT2D eigenvalue weighted by Gasteiger charge is -2.10. The third-order valence-corrected chi connectivity index (χ3v) is 3.89. The van der Waals surface area contributed by atoms with Gasteiger partial charge >= 0.3 is 11.9 Å². The molecule has 0 amide bonds. The Morgan fingerprint density at radius 2 is 1.45 bits per heavy atom. The van der Waals surface area contributed by atoms with Crippen LogP contribution in [0.5, 0.6) is 0 Å². The monoisotopic (exact) mass is 362 g/mol. The molecule has 22 heavy (non-hydrogen) atoms. The van der Waals surface area contributed by atoms with E-state index in [1.807, 2.05) is 18.2 Å². The number of alkyl halides is 1. The fourth-order valence-electron chi connectivity index (χ4n) is 2.13. The summed E-state index contributed by atoms with van der Waals surface area (Å²) in [7, 11) is 2.71. The summed E-state index contributed by atoms with van der Waals surface area (Å²) in [6.45, 7) is 0. The van der Waals surface area contributed by atoms with Gasteiger partial charge in [-0.2, -0.15) is 0 Å². The molecule has 0 atom stereocenters. The first-order valence-electron chi connectivity index (χ1n) is 6.56. The van der Waals surface area contributed by atoms with E-state index in [-0.39, 0.29) is 11.9 Å². The summed E-state index contributed by atoms with van der Waals surface area (Å²) in [5, 5.41) is 0.603. The van der Waals surface area contributed by atoms with E-state index in [2.05, 4.69) is 20.7 Å². The van der Waals surface area contributed by atoms with Crippen molar-refractivity contribution in [1.29, 1.82) is 0 Å². The van der Waals surface area contributed by atoms with Crippen LogP contribution >= 0.6 is 15.9 Å². The molecule has 0 N–H and O–H groups in total. The molecule has 0 unspecified atom stereocenters. The number of hydrogen-bond acceptors (Lipinski definition) is 4. The van der Waals surface area contributed by atoms with E-state index in [4.69, 9.17) is 4.74 Å². The van der Waals surface area contributed by atoms with Crippen LogP contribution in [0.1, 0.15) is 26.3 Å². The van der Waals surface area contributed by atoms with Crippen molar-refractivity contribution in [3.63, 3.8) is 0 Å². The number of esters is 2. The molecule has 0 heterocycles. The maximum Gasteiger partial charge on any atom is 0.337 e. The van der Waals surface area contributed by atoms with Gasteiger partial charge in [0.15, 0.2) is 0 Å². The normalized spacial score (nSPS) is 10.1. The highest BCUT2D eigenvalue weighted by Crippen LogP contribution is 2.27. The second-order valence-corrected chi connectivity index (χ2v) is 5.13. The fourth-order valence-corrected chi connectivity index (χ4v) is 2.60. The molecule has 2 aromatic carbocycles. The van der Waals surface area contributed by atoms with Crippen LogP contribution in [0, 0.1) is 0 Å². The van der Waals surface area contributed by atoms with Crippen LogP contribution in [0.4, 0.5) is 0 Å². The van der Waals surface area contributed by atoms with Gasteiger partial charge in [-0.15, -0.1) is 0 Å². The Kier molecular flexibility index (Phi) is 5.33. The summed E-state index contributed by atoms with van der Waals surface area (Å²) in [6, 6.07) is 12.5. The zero-order chi connectivity index (χ0) is 16.1. The second-order valence-electron chi connectivity index (χ2n) is 4.57. The molecule has 0 fully saturated rings. The minimum Gasteiger partial charge on any atom is -0.465 e. The Labute approximate surface area is 137 Å². The van der Waals surface area contributed by atoms with Gasteiger partial charge in [0.2, 0.25) is 0 Å². The SMILES string of the molecule is COC(=O)c1ccc(-c2ccc(C(=O)OC)cc2CBr)cc1. The van der Waals surface area contributed by atoms with Gasteiger partial charge in [0.25, 0.3) is 0 Å². The average Bonchev–Trinajstić information content (AvgIpc) is 2.59. The molecule has 4 nitrogen and oxygen atoms in total. The third kappa shape index (κ3) is 3.36. The molecule has 0 radical (unpaired) electrons. The van der Waals surface area contributed by atoms with E-state index in [1.165, 1.54) is 14.2 Å². The molecule has 0 spiro atoms. The molecule has 0 bridgehead atoms. The van der Waals surface area contributed by atoms with Gasteiger partial charge in [-0.25, -0.2) is 9.59 Å². The number of rotatable bonds is 4. The third-order valence-electron chi connectivity index (χ3n) is 3.29. The quantitative estimate of drug-likeness (QED) is 0.612. The Bertz CT molecular complexity index is 692. The lowest BCUT2D eigenvalue weighted by atomic mass is 9.97. The molecule has 0 aliphatic carbocycles. The molecule has 5 heteroatoms. The molecular formula is C17H15BrO4. The average molecular weight is 363 g/mol. The van der Waals surface area contributed by atoms with E-state index in [0.29, 0.717) is 16.5 Å². The predicted octanol–water partition coefficient (Wildman–Crippen LogP) is 3.82. The highest BCUT2D eigenvalue weighted by Gasteiger charge is 2.11. The van der Waals surface area contributed by atoms with Crippen molar-refractivity contribution in [2.45, 2.75) is 5.33 Å². The van der Waals surface area contributed by atoms with E-state index in [0.717, 1.165) is 16.7 Å². The maximum atomic E-state index is 11.6. The van der Waals surface area contributed by atoms with Crippen molar-refractivity contribution in [3.8, 4) is 11.1 Å². The van der Waals surface area contributed by atoms with Crippen molar-refractivity contribution in [2.75, 3.05) is 14.2 Å². The van der Waals surface area contributed by atoms with Gasteiger partial charge in [-0.05, 0) is 41.0 Å². The minimum absolute atomic E-state index is 0.366. The zero-order valence-corrected chi connectivity index (χ0v) is 13.8. The van der Waals surface area contributed by atoms with Gasteiger partial charge in [-0.3, -0.25) is 0 Å². The minimum atomic E-state index is -0.367. The molecule has 0 saturated heterocycles. The second kappa shape index (κ2) is 7.22. The summed E-state index contributed by atoms with van der Waals surface area (Å²) >= 11 is 3.43. The number of hydrogen-bond donors (Lipinski definition) is 0. The van der Waals surface area contributed by atoms with Crippen molar-refractivity contribution in [3.05, 3.63) is 59.2 Å².